The summed E-state index contributed by atoms with van der Waals surface area (Å²) in [6, 6.07) is 21.2. The van der Waals surface area contributed by atoms with Crippen molar-refractivity contribution in [3.63, 3.8) is 0 Å². The molecule has 4 aromatic rings. The summed E-state index contributed by atoms with van der Waals surface area (Å²) in [5, 5.41) is 14.1. The van der Waals surface area contributed by atoms with Crippen molar-refractivity contribution in [1.29, 1.82) is 0 Å². The number of hydrogen-bond acceptors (Lipinski definition) is 5. The summed E-state index contributed by atoms with van der Waals surface area (Å²) < 4.78 is 11.9. The lowest BCUT2D eigenvalue weighted by Crippen LogP contribution is -2.35. The molecule has 3 aromatic carbocycles. The van der Waals surface area contributed by atoms with Crippen molar-refractivity contribution in [2.24, 2.45) is 0 Å². The Labute approximate surface area is 200 Å². The predicted molar refractivity (Wildman–Crippen MR) is 136 cm³/mol. The summed E-state index contributed by atoms with van der Waals surface area (Å²) in [6.07, 6.45) is -0.598. The zero-order valence-corrected chi connectivity index (χ0v) is 20.1. The molecular weight excluding hydrogens is 426 g/mol. The summed E-state index contributed by atoms with van der Waals surface area (Å²) in [7, 11) is 0. The van der Waals surface area contributed by atoms with Gasteiger partial charge in [0, 0.05) is 29.1 Å². The molecule has 0 spiro atoms. The number of aliphatic hydroxyl groups excluding tert-OH is 1. The third-order valence-corrected chi connectivity index (χ3v) is 5.63. The minimum absolute atomic E-state index is 0.0622. The lowest BCUT2D eigenvalue weighted by molar-refractivity contribution is 0.103. The van der Waals surface area contributed by atoms with E-state index in [1.165, 1.54) is 0 Å². The molecule has 0 amide bonds. The first-order chi connectivity index (χ1) is 16.3. The fourth-order valence-corrected chi connectivity index (χ4v) is 4.05. The molecule has 34 heavy (non-hydrogen) atoms. The highest BCUT2D eigenvalue weighted by molar-refractivity contribution is 6.19. The highest BCUT2D eigenvalue weighted by Gasteiger charge is 2.23. The summed E-state index contributed by atoms with van der Waals surface area (Å²) in [4.78, 5) is 13.7. The Kier molecular flexibility index (Phi) is 7.15. The molecule has 5 nitrogen and oxygen atoms in total. The van der Waals surface area contributed by atoms with Crippen molar-refractivity contribution in [3.8, 4) is 17.1 Å². The van der Waals surface area contributed by atoms with Crippen molar-refractivity contribution < 1.29 is 19.1 Å². The van der Waals surface area contributed by atoms with Crippen LogP contribution in [0.2, 0.25) is 0 Å². The molecule has 0 aliphatic rings. The molecule has 176 valence electrons. The predicted octanol–water partition coefficient (Wildman–Crippen LogP) is 5.69. The number of furan rings is 1. The number of rotatable bonds is 9. The van der Waals surface area contributed by atoms with Crippen LogP contribution >= 0.6 is 0 Å². The number of ketones is 1. The van der Waals surface area contributed by atoms with Crippen molar-refractivity contribution in [1.82, 2.24) is 5.32 Å². The molecule has 0 saturated carbocycles. The van der Waals surface area contributed by atoms with Crippen LogP contribution in [-0.2, 0) is 0 Å². The largest absolute Gasteiger partial charge is 0.491 e. The van der Waals surface area contributed by atoms with E-state index in [4.69, 9.17) is 9.15 Å². The van der Waals surface area contributed by atoms with Crippen LogP contribution in [0.3, 0.4) is 0 Å². The number of para-hydroxylation sites is 1. The molecule has 4 rings (SSSR count). The molecule has 0 bridgehead atoms. The summed E-state index contributed by atoms with van der Waals surface area (Å²) >= 11 is 0. The number of fused-ring (bicyclic) bond motifs is 1. The number of aryl methyl sites for hydroxylation is 2. The van der Waals surface area contributed by atoms with Crippen LogP contribution in [0.25, 0.3) is 22.3 Å². The first-order valence-corrected chi connectivity index (χ1v) is 11.6. The number of ether oxygens (including phenoxy) is 1. The fourth-order valence-electron chi connectivity index (χ4n) is 4.05. The molecule has 0 aliphatic heterocycles. The van der Waals surface area contributed by atoms with Gasteiger partial charge in [-0.3, -0.25) is 4.79 Å². The van der Waals surface area contributed by atoms with Gasteiger partial charge in [0.1, 0.15) is 29.8 Å². The van der Waals surface area contributed by atoms with Crippen LogP contribution in [0.1, 0.15) is 40.9 Å². The number of aliphatic hydroxyl groups is 1. The van der Waals surface area contributed by atoms with E-state index in [1.807, 2.05) is 88.4 Å². The summed E-state index contributed by atoms with van der Waals surface area (Å²) in [5.41, 5.74) is 4.76. The van der Waals surface area contributed by atoms with Crippen molar-refractivity contribution in [2.75, 3.05) is 13.2 Å². The molecule has 1 atom stereocenters. The summed E-state index contributed by atoms with van der Waals surface area (Å²) in [5.74, 6) is 1.12. The summed E-state index contributed by atoms with van der Waals surface area (Å²) in [6.45, 7) is 8.71. The van der Waals surface area contributed by atoms with Gasteiger partial charge >= 0.3 is 0 Å². The van der Waals surface area contributed by atoms with Crippen LogP contribution in [0.15, 0.2) is 71.1 Å². The number of nitrogens with one attached hydrogen (secondary N) is 1. The highest BCUT2D eigenvalue weighted by atomic mass is 16.5. The number of carbonyl (C=O) groups is 1. The molecule has 1 unspecified atom stereocenters. The quantitative estimate of drug-likeness (QED) is 0.316. The van der Waals surface area contributed by atoms with E-state index in [0.29, 0.717) is 40.8 Å². The number of hydrogen-bond donors (Lipinski definition) is 2. The highest BCUT2D eigenvalue weighted by Crippen LogP contribution is 2.36. The van der Waals surface area contributed by atoms with E-state index in [1.54, 1.807) is 0 Å². The van der Waals surface area contributed by atoms with Crippen LogP contribution < -0.4 is 10.1 Å². The normalized spacial score (nSPS) is 12.3. The van der Waals surface area contributed by atoms with Crippen molar-refractivity contribution >= 4 is 16.8 Å². The first-order valence-electron chi connectivity index (χ1n) is 11.6. The Balaban J connectivity index is 1.63. The second-order valence-corrected chi connectivity index (χ2v) is 9.06. The van der Waals surface area contributed by atoms with Crippen LogP contribution in [0.5, 0.6) is 5.75 Å². The minimum atomic E-state index is -0.598. The van der Waals surface area contributed by atoms with Gasteiger partial charge in [-0.15, -0.1) is 0 Å². The van der Waals surface area contributed by atoms with E-state index in [2.05, 4.69) is 11.4 Å². The van der Waals surface area contributed by atoms with E-state index < -0.39 is 6.10 Å². The van der Waals surface area contributed by atoms with E-state index in [9.17, 15) is 9.90 Å². The molecule has 1 heterocycles. The SMILES string of the molecule is Cc1cc(C)cc(C(=O)c2c(-c3ccc(OCC(O)CNC(C)C)cc3)oc3ccccc23)c1. The topological polar surface area (TPSA) is 71.7 Å². The molecule has 0 aliphatic carbocycles. The molecular formula is C29H31NO4. The Morgan fingerprint density at radius 2 is 1.68 bits per heavy atom. The lowest BCUT2D eigenvalue weighted by atomic mass is 9.95. The number of benzene rings is 3. The molecule has 1 aromatic heterocycles. The average molecular weight is 458 g/mol. The second-order valence-electron chi connectivity index (χ2n) is 9.06. The van der Waals surface area contributed by atoms with Crippen LogP contribution in [0, 0.1) is 13.8 Å². The molecule has 5 heteroatoms. The molecule has 2 N–H and O–H groups in total. The maximum Gasteiger partial charge on any atom is 0.197 e. The van der Waals surface area contributed by atoms with Gasteiger partial charge in [0.05, 0.1) is 5.56 Å². The zero-order chi connectivity index (χ0) is 24.2. The monoisotopic (exact) mass is 457 g/mol. The maximum absolute atomic E-state index is 13.7. The van der Waals surface area contributed by atoms with Gasteiger partial charge in [0.2, 0.25) is 0 Å². The van der Waals surface area contributed by atoms with Gasteiger partial charge in [-0.2, -0.15) is 0 Å². The van der Waals surface area contributed by atoms with Gasteiger partial charge in [0.15, 0.2) is 5.78 Å². The van der Waals surface area contributed by atoms with Gasteiger partial charge in [-0.05, 0) is 56.3 Å². The molecule has 0 radical (unpaired) electrons. The van der Waals surface area contributed by atoms with E-state index >= 15 is 0 Å². The van der Waals surface area contributed by atoms with E-state index in [-0.39, 0.29) is 12.4 Å². The fraction of sp³-hybridized carbons (Fsp3) is 0.276. The number of carbonyl (C=O) groups excluding carboxylic acids is 1. The van der Waals surface area contributed by atoms with Gasteiger partial charge in [0.25, 0.3) is 0 Å². The van der Waals surface area contributed by atoms with Crippen molar-refractivity contribution in [3.05, 3.63) is 89.0 Å². The Morgan fingerprint density at radius 1 is 1.00 bits per heavy atom. The second kappa shape index (κ2) is 10.2. The standard InChI is InChI=1S/C29H31NO4/c1-18(2)30-16-23(31)17-33-24-11-9-21(10-12-24)29-27(25-7-5-6-8-26(25)34-29)28(32)22-14-19(3)13-20(4)15-22/h5-15,18,23,30-31H,16-17H2,1-4H3. The first kappa shape index (κ1) is 23.7. The maximum atomic E-state index is 13.7. The smallest absolute Gasteiger partial charge is 0.197 e. The Morgan fingerprint density at radius 3 is 2.35 bits per heavy atom. The lowest BCUT2D eigenvalue weighted by Gasteiger charge is -2.15. The van der Waals surface area contributed by atoms with Crippen molar-refractivity contribution in [2.45, 2.75) is 39.8 Å². The van der Waals surface area contributed by atoms with E-state index in [0.717, 1.165) is 22.1 Å². The molecule has 0 saturated heterocycles. The van der Waals surface area contributed by atoms with Crippen LogP contribution in [-0.4, -0.2) is 36.2 Å². The van der Waals surface area contributed by atoms with Crippen LogP contribution in [0.4, 0.5) is 0 Å². The Hall–Kier alpha value is -3.41. The zero-order valence-electron chi connectivity index (χ0n) is 20.1. The average Bonchev–Trinajstić information content (AvgIpc) is 3.20. The van der Waals surface area contributed by atoms with Gasteiger partial charge in [-0.1, -0.05) is 49.2 Å². The van der Waals surface area contributed by atoms with Gasteiger partial charge in [-0.25, -0.2) is 0 Å². The van der Waals surface area contributed by atoms with Gasteiger partial charge < -0.3 is 19.6 Å². The third kappa shape index (κ3) is 5.38. The Bertz CT molecular complexity index is 1270. The third-order valence-electron chi connectivity index (χ3n) is 5.63. The molecule has 0 fully saturated rings. The minimum Gasteiger partial charge on any atom is -0.491 e.